The zero-order valence-corrected chi connectivity index (χ0v) is 18.5. The van der Waals surface area contributed by atoms with E-state index in [0.717, 1.165) is 25.7 Å². The molecule has 1 aromatic carbocycles. The molecule has 0 aliphatic heterocycles. The first-order valence-electron chi connectivity index (χ1n) is 11.4. The molecule has 1 aromatic heterocycles. The highest BCUT2D eigenvalue weighted by Crippen LogP contribution is 2.34. The summed E-state index contributed by atoms with van der Waals surface area (Å²) in [6.45, 7) is 5.19. The number of phenolic OH excluding ortho intramolecular Hbond substituents is 1. The van der Waals surface area contributed by atoms with Gasteiger partial charge < -0.3 is 19.0 Å². The number of unbranched alkanes of at least 4 members (excludes halogenated alkanes) is 7. The van der Waals surface area contributed by atoms with E-state index in [9.17, 15) is 9.90 Å². The first kappa shape index (κ1) is 23.8. The number of phenols is 1. The molecular formula is C25H36O5. The molecule has 0 aliphatic rings. The summed E-state index contributed by atoms with van der Waals surface area (Å²) in [4.78, 5) is 12.5. The van der Waals surface area contributed by atoms with Crippen molar-refractivity contribution >= 4 is 11.0 Å². The molecular weight excluding hydrogens is 380 g/mol. The predicted octanol–water partition coefficient (Wildman–Crippen LogP) is 6.75. The second kappa shape index (κ2) is 13.7. The minimum atomic E-state index is -0.577. The van der Waals surface area contributed by atoms with Crippen LogP contribution >= 0.6 is 0 Å². The first-order valence-corrected chi connectivity index (χ1v) is 11.4. The lowest BCUT2D eigenvalue weighted by Crippen LogP contribution is -2.11. The molecule has 0 spiro atoms. The maximum Gasteiger partial charge on any atom is 0.383 e. The number of allylic oxidation sites excluding steroid dienone is 1. The molecule has 0 saturated carbocycles. The molecule has 0 amide bonds. The van der Waals surface area contributed by atoms with Crippen LogP contribution in [0.25, 0.3) is 11.0 Å². The molecule has 0 aliphatic carbocycles. The molecule has 0 radical (unpaired) electrons. The van der Waals surface area contributed by atoms with Crippen LogP contribution in [0.15, 0.2) is 39.6 Å². The van der Waals surface area contributed by atoms with Gasteiger partial charge in [0.2, 0.25) is 5.75 Å². The van der Waals surface area contributed by atoms with Gasteiger partial charge in [-0.2, -0.15) is 0 Å². The van der Waals surface area contributed by atoms with Crippen molar-refractivity contribution in [2.45, 2.75) is 78.1 Å². The smallest absolute Gasteiger partial charge is 0.383 e. The Balaban J connectivity index is 1.99. The molecule has 1 N–H and O–H groups in total. The third-order valence-electron chi connectivity index (χ3n) is 4.98. The quantitative estimate of drug-likeness (QED) is 0.197. The zero-order valence-electron chi connectivity index (χ0n) is 18.5. The predicted molar refractivity (Wildman–Crippen MR) is 122 cm³/mol. The van der Waals surface area contributed by atoms with Crippen LogP contribution in [-0.4, -0.2) is 18.3 Å². The normalized spacial score (nSPS) is 11.4. The van der Waals surface area contributed by atoms with Gasteiger partial charge in [-0.05, 0) is 31.4 Å². The second-order valence-electron chi connectivity index (χ2n) is 7.57. The van der Waals surface area contributed by atoms with Crippen LogP contribution in [0.5, 0.6) is 17.2 Å². The summed E-state index contributed by atoms with van der Waals surface area (Å²) in [6, 6.07) is 4.66. The van der Waals surface area contributed by atoms with Crippen molar-refractivity contribution in [3.63, 3.8) is 0 Å². The minimum absolute atomic E-state index is 0.0371. The van der Waals surface area contributed by atoms with E-state index in [0.29, 0.717) is 29.9 Å². The van der Waals surface area contributed by atoms with Crippen LogP contribution in [-0.2, 0) is 0 Å². The van der Waals surface area contributed by atoms with Gasteiger partial charge in [0.1, 0.15) is 11.3 Å². The SMILES string of the molecule is CCC=CCCOc1c(OCCCCCCCCCC)c(=O)oc2cc(O)ccc12. The number of hydrogen-bond donors (Lipinski definition) is 1. The molecule has 30 heavy (non-hydrogen) atoms. The molecule has 166 valence electrons. The summed E-state index contributed by atoms with van der Waals surface area (Å²) < 4.78 is 17.1. The van der Waals surface area contributed by atoms with E-state index in [4.69, 9.17) is 13.9 Å². The first-order chi connectivity index (χ1) is 14.7. The highest BCUT2D eigenvalue weighted by Gasteiger charge is 2.18. The fourth-order valence-electron chi connectivity index (χ4n) is 3.34. The monoisotopic (exact) mass is 416 g/mol. The van der Waals surface area contributed by atoms with Crippen molar-refractivity contribution < 1.29 is 19.0 Å². The largest absolute Gasteiger partial charge is 0.508 e. The van der Waals surface area contributed by atoms with Crippen molar-refractivity contribution in [3.05, 3.63) is 40.8 Å². The Morgan fingerprint density at radius 3 is 2.33 bits per heavy atom. The van der Waals surface area contributed by atoms with Crippen molar-refractivity contribution in [2.24, 2.45) is 0 Å². The summed E-state index contributed by atoms with van der Waals surface area (Å²) in [6.07, 6.45) is 15.4. The van der Waals surface area contributed by atoms with E-state index in [-0.39, 0.29) is 11.5 Å². The summed E-state index contributed by atoms with van der Waals surface area (Å²) in [5.74, 6) is 0.552. The lowest BCUT2D eigenvalue weighted by molar-refractivity contribution is 0.256. The summed E-state index contributed by atoms with van der Waals surface area (Å²) in [5, 5.41) is 10.3. The molecule has 0 bridgehead atoms. The maximum absolute atomic E-state index is 12.5. The number of benzene rings is 1. The number of hydrogen-bond acceptors (Lipinski definition) is 5. The zero-order chi connectivity index (χ0) is 21.6. The maximum atomic E-state index is 12.5. The van der Waals surface area contributed by atoms with Crippen molar-refractivity contribution in [3.8, 4) is 17.2 Å². The van der Waals surface area contributed by atoms with Gasteiger partial charge in [-0.3, -0.25) is 0 Å². The van der Waals surface area contributed by atoms with Crippen molar-refractivity contribution in [2.75, 3.05) is 13.2 Å². The third kappa shape index (κ3) is 7.77. The Hall–Kier alpha value is -2.43. The summed E-state index contributed by atoms with van der Waals surface area (Å²) in [7, 11) is 0. The molecule has 1 heterocycles. The van der Waals surface area contributed by atoms with E-state index in [1.54, 1.807) is 12.1 Å². The average molecular weight is 417 g/mol. The minimum Gasteiger partial charge on any atom is -0.508 e. The number of fused-ring (bicyclic) bond motifs is 1. The number of aromatic hydroxyl groups is 1. The third-order valence-corrected chi connectivity index (χ3v) is 4.98. The van der Waals surface area contributed by atoms with Crippen molar-refractivity contribution in [1.82, 2.24) is 0 Å². The molecule has 0 fully saturated rings. The highest BCUT2D eigenvalue weighted by molar-refractivity contribution is 5.86. The Morgan fingerprint density at radius 1 is 0.900 bits per heavy atom. The average Bonchev–Trinajstić information content (AvgIpc) is 2.73. The lowest BCUT2D eigenvalue weighted by atomic mass is 10.1. The number of ether oxygens (including phenoxy) is 2. The Morgan fingerprint density at radius 2 is 1.60 bits per heavy atom. The molecule has 2 rings (SSSR count). The second-order valence-corrected chi connectivity index (χ2v) is 7.57. The van der Waals surface area contributed by atoms with Gasteiger partial charge >= 0.3 is 5.63 Å². The van der Waals surface area contributed by atoms with Gasteiger partial charge in [-0.15, -0.1) is 0 Å². The van der Waals surface area contributed by atoms with E-state index < -0.39 is 5.63 Å². The van der Waals surface area contributed by atoms with E-state index >= 15 is 0 Å². The van der Waals surface area contributed by atoms with E-state index in [2.05, 4.69) is 26.0 Å². The van der Waals surface area contributed by atoms with Crippen LogP contribution in [0, 0.1) is 0 Å². The van der Waals surface area contributed by atoms with Crippen molar-refractivity contribution in [1.29, 1.82) is 0 Å². The highest BCUT2D eigenvalue weighted by atomic mass is 16.5. The van der Waals surface area contributed by atoms with Gasteiger partial charge in [-0.1, -0.05) is 70.9 Å². The van der Waals surface area contributed by atoms with Crippen LogP contribution in [0.4, 0.5) is 0 Å². The summed E-state index contributed by atoms with van der Waals surface area (Å²) in [5.41, 5.74) is -0.287. The molecule has 5 nitrogen and oxygen atoms in total. The molecule has 2 aromatic rings. The fourth-order valence-corrected chi connectivity index (χ4v) is 3.34. The summed E-state index contributed by atoms with van der Waals surface area (Å²) >= 11 is 0. The van der Waals surface area contributed by atoms with E-state index in [1.165, 1.54) is 44.6 Å². The van der Waals surface area contributed by atoms with Gasteiger partial charge in [-0.25, -0.2) is 4.79 Å². The van der Waals surface area contributed by atoms with Crippen LogP contribution in [0.1, 0.15) is 78.1 Å². The van der Waals surface area contributed by atoms with Crippen LogP contribution in [0.2, 0.25) is 0 Å². The van der Waals surface area contributed by atoms with Gasteiger partial charge in [0.05, 0.1) is 18.6 Å². The van der Waals surface area contributed by atoms with Gasteiger partial charge in [0.25, 0.3) is 0 Å². The van der Waals surface area contributed by atoms with Crippen LogP contribution in [0.3, 0.4) is 0 Å². The van der Waals surface area contributed by atoms with Gasteiger partial charge in [0.15, 0.2) is 5.75 Å². The number of rotatable bonds is 15. The Labute approximate surface area is 179 Å². The molecule has 0 atom stereocenters. The standard InChI is InChI=1S/C25H36O5/c1-3-5-7-9-10-11-12-14-18-29-24-23(28-17-13-8-6-4-2)21-16-15-20(26)19-22(21)30-25(24)27/h6,8,15-16,19,26H,3-5,7,9-14,17-18H2,1-2H3. The molecule has 0 saturated heterocycles. The molecule has 5 heteroatoms. The van der Waals surface area contributed by atoms with Crippen LogP contribution < -0.4 is 15.1 Å². The van der Waals surface area contributed by atoms with E-state index in [1.807, 2.05) is 0 Å². The lowest BCUT2D eigenvalue weighted by Gasteiger charge is -2.13. The molecule has 0 unspecified atom stereocenters. The Bertz CT molecular complexity index is 837. The fraction of sp³-hybridized carbons (Fsp3) is 0.560. The van der Waals surface area contributed by atoms with Gasteiger partial charge in [0, 0.05) is 6.07 Å². The topological polar surface area (TPSA) is 68.9 Å². The Kier molecular flexibility index (Phi) is 10.9.